The first kappa shape index (κ1) is 14.6. The summed E-state index contributed by atoms with van der Waals surface area (Å²) in [6, 6.07) is 20.4. The molecule has 0 amide bonds. The van der Waals surface area contributed by atoms with E-state index in [2.05, 4.69) is 28.5 Å². The summed E-state index contributed by atoms with van der Waals surface area (Å²) in [5.41, 5.74) is 3.30. The number of rotatable bonds is 2. The lowest BCUT2D eigenvalue weighted by molar-refractivity contribution is 1.18. The van der Waals surface area contributed by atoms with Gasteiger partial charge in [0.05, 0.1) is 0 Å². The highest BCUT2D eigenvalue weighted by Gasteiger charge is 2.06. The van der Waals surface area contributed by atoms with Gasteiger partial charge in [-0.05, 0) is 41.5 Å². The number of hydrogen-bond acceptors (Lipinski definition) is 2. The summed E-state index contributed by atoms with van der Waals surface area (Å²) in [4.78, 5) is 4.16. The largest absolute Gasteiger partial charge is 0.331 e. The normalized spacial score (nSPS) is 10.7. The molecule has 0 saturated carbocycles. The maximum atomic E-state index is 5.56. The number of aromatic nitrogens is 2. The molecule has 1 N–H and O–H groups in total. The van der Waals surface area contributed by atoms with Crippen molar-refractivity contribution in [2.24, 2.45) is 0 Å². The van der Waals surface area contributed by atoms with Crippen molar-refractivity contribution in [1.29, 1.82) is 0 Å². The van der Waals surface area contributed by atoms with Crippen LogP contribution in [-0.2, 0) is 0 Å². The monoisotopic (exact) mass is 329 g/mol. The second kappa shape index (κ2) is 6.26. The third kappa shape index (κ3) is 2.79. The van der Waals surface area contributed by atoms with Gasteiger partial charge in [0.25, 0.3) is 0 Å². The molecule has 0 atom stereocenters. The van der Waals surface area contributed by atoms with E-state index < -0.39 is 0 Å². The molecule has 0 fully saturated rings. The van der Waals surface area contributed by atoms with Crippen LogP contribution in [0.5, 0.6) is 0 Å². The van der Waals surface area contributed by atoms with E-state index in [4.69, 9.17) is 12.2 Å². The van der Waals surface area contributed by atoms with Gasteiger partial charge in [0.2, 0.25) is 0 Å². The van der Waals surface area contributed by atoms with E-state index in [1.54, 1.807) is 6.20 Å². The van der Waals surface area contributed by atoms with Crippen molar-refractivity contribution < 1.29 is 0 Å². The van der Waals surface area contributed by atoms with E-state index in [-0.39, 0.29) is 0 Å². The van der Waals surface area contributed by atoms with Crippen molar-refractivity contribution in [1.82, 2.24) is 9.55 Å². The number of anilines is 1. The zero-order chi connectivity index (χ0) is 16.4. The van der Waals surface area contributed by atoms with Gasteiger partial charge in [-0.25, -0.2) is 0 Å². The first-order valence-electron chi connectivity index (χ1n) is 7.69. The van der Waals surface area contributed by atoms with Crippen LogP contribution in [0.1, 0.15) is 0 Å². The number of nitrogens with one attached hydrogen (secondary N) is 1. The summed E-state index contributed by atoms with van der Waals surface area (Å²) >= 11 is 5.56. The highest BCUT2D eigenvalue weighted by molar-refractivity contribution is 7.80. The van der Waals surface area contributed by atoms with E-state index in [1.807, 2.05) is 65.6 Å². The molecule has 0 spiro atoms. The fourth-order valence-electron chi connectivity index (χ4n) is 2.74. The van der Waals surface area contributed by atoms with Crippen LogP contribution < -0.4 is 5.32 Å². The molecular weight excluding hydrogens is 314 g/mol. The average molecular weight is 329 g/mol. The molecular formula is C20H15N3S. The highest BCUT2D eigenvalue weighted by atomic mass is 32.1. The summed E-state index contributed by atoms with van der Waals surface area (Å²) in [5, 5.41) is 6.16. The van der Waals surface area contributed by atoms with Gasteiger partial charge in [-0.1, -0.05) is 42.5 Å². The molecule has 4 aromatic rings. The first-order valence-corrected chi connectivity index (χ1v) is 8.09. The summed E-state index contributed by atoms with van der Waals surface area (Å²) in [6.45, 7) is 0. The zero-order valence-electron chi connectivity index (χ0n) is 12.9. The maximum absolute atomic E-state index is 5.56. The average Bonchev–Trinajstić information content (AvgIpc) is 3.13. The molecule has 116 valence electrons. The molecule has 24 heavy (non-hydrogen) atoms. The number of hydrogen-bond donors (Lipinski definition) is 1. The van der Waals surface area contributed by atoms with Gasteiger partial charge in [0.15, 0.2) is 5.11 Å². The molecule has 0 aliphatic heterocycles. The molecule has 0 bridgehead atoms. The number of pyridine rings is 1. The summed E-state index contributed by atoms with van der Waals surface area (Å²) in [5.74, 6) is 0. The molecule has 4 heteroatoms. The van der Waals surface area contributed by atoms with Gasteiger partial charge in [-0.15, -0.1) is 0 Å². The van der Waals surface area contributed by atoms with Crippen LogP contribution in [0, 0.1) is 0 Å². The highest BCUT2D eigenvalue weighted by Crippen LogP contribution is 2.23. The van der Waals surface area contributed by atoms with Crippen molar-refractivity contribution >= 4 is 33.8 Å². The number of fused-ring (bicyclic) bond motifs is 1. The van der Waals surface area contributed by atoms with Gasteiger partial charge in [0, 0.05) is 41.2 Å². The second-order valence-corrected chi connectivity index (χ2v) is 5.89. The first-order chi connectivity index (χ1) is 11.8. The van der Waals surface area contributed by atoms with E-state index in [9.17, 15) is 0 Å². The Hall–Kier alpha value is -2.98. The fourth-order valence-corrected chi connectivity index (χ4v) is 2.96. The van der Waals surface area contributed by atoms with E-state index >= 15 is 0 Å². The lowest BCUT2D eigenvalue weighted by Gasteiger charge is -2.11. The van der Waals surface area contributed by atoms with Gasteiger partial charge >= 0.3 is 0 Å². The Bertz CT molecular complexity index is 1000. The van der Waals surface area contributed by atoms with Crippen molar-refractivity contribution in [2.45, 2.75) is 0 Å². The van der Waals surface area contributed by atoms with Crippen LogP contribution in [0.4, 0.5) is 5.69 Å². The predicted molar refractivity (Wildman–Crippen MR) is 103 cm³/mol. The van der Waals surface area contributed by atoms with Crippen molar-refractivity contribution in [3.63, 3.8) is 0 Å². The molecule has 2 aromatic carbocycles. The van der Waals surface area contributed by atoms with Crippen LogP contribution in [0.2, 0.25) is 0 Å². The van der Waals surface area contributed by atoms with Gasteiger partial charge in [-0.2, -0.15) is 0 Å². The topological polar surface area (TPSA) is 29.9 Å². The third-order valence-electron chi connectivity index (χ3n) is 3.96. The van der Waals surface area contributed by atoms with Crippen LogP contribution in [0.15, 0.2) is 85.5 Å². The number of nitrogens with zero attached hydrogens (tertiary/aromatic N) is 2. The van der Waals surface area contributed by atoms with E-state index in [0.717, 1.165) is 22.0 Å². The van der Waals surface area contributed by atoms with Gasteiger partial charge < -0.3 is 9.88 Å². The molecule has 0 unspecified atom stereocenters. The smallest absolute Gasteiger partial charge is 0.181 e. The van der Waals surface area contributed by atoms with Crippen LogP contribution >= 0.6 is 12.2 Å². The summed E-state index contributed by atoms with van der Waals surface area (Å²) in [6.07, 6.45) is 7.66. The van der Waals surface area contributed by atoms with E-state index in [0.29, 0.717) is 5.11 Å². The van der Waals surface area contributed by atoms with Crippen LogP contribution in [0.25, 0.3) is 21.9 Å². The van der Waals surface area contributed by atoms with Crippen molar-refractivity contribution in [3.05, 3.63) is 85.5 Å². The summed E-state index contributed by atoms with van der Waals surface area (Å²) < 4.78 is 1.93. The molecule has 0 radical (unpaired) electrons. The Morgan fingerprint density at radius 2 is 1.79 bits per heavy atom. The third-order valence-corrected chi connectivity index (χ3v) is 4.27. The quantitative estimate of drug-likeness (QED) is 0.528. The fraction of sp³-hybridized carbons (Fsp3) is 0. The standard InChI is InChI=1S/C20H15N3S/c24-20(22-19-8-4-7-16-13-21-11-9-18(16)19)23-12-10-17(14-23)15-5-2-1-3-6-15/h1-14H,(H,22,24). The van der Waals surface area contributed by atoms with Crippen molar-refractivity contribution in [3.8, 4) is 11.1 Å². The lowest BCUT2D eigenvalue weighted by Crippen LogP contribution is -2.17. The lowest BCUT2D eigenvalue weighted by atomic mass is 10.1. The minimum Gasteiger partial charge on any atom is -0.331 e. The molecule has 4 rings (SSSR count). The molecule has 0 aliphatic carbocycles. The van der Waals surface area contributed by atoms with E-state index in [1.165, 1.54) is 5.56 Å². The van der Waals surface area contributed by atoms with Gasteiger partial charge in [0.1, 0.15) is 0 Å². The predicted octanol–water partition coefficient (Wildman–Crippen LogP) is 4.95. The zero-order valence-corrected chi connectivity index (χ0v) is 13.7. The Kier molecular flexibility index (Phi) is 3.81. The van der Waals surface area contributed by atoms with Crippen molar-refractivity contribution in [2.75, 3.05) is 5.32 Å². The Balaban J connectivity index is 1.62. The minimum absolute atomic E-state index is 0.640. The van der Waals surface area contributed by atoms with Gasteiger partial charge in [-0.3, -0.25) is 4.98 Å². The SMILES string of the molecule is S=C(Nc1cccc2cnccc12)n1ccc(-c2ccccc2)c1. The molecule has 3 nitrogen and oxygen atoms in total. The Labute approximate surface area is 145 Å². The minimum atomic E-state index is 0.640. The Morgan fingerprint density at radius 1 is 0.917 bits per heavy atom. The Morgan fingerprint density at radius 3 is 2.67 bits per heavy atom. The molecule has 0 saturated heterocycles. The molecule has 0 aliphatic rings. The summed E-state index contributed by atoms with van der Waals surface area (Å²) in [7, 11) is 0. The van der Waals surface area contributed by atoms with Crippen LogP contribution in [-0.4, -0.2) is 14.7 Å². The van der Waals surface area contributed by atoms with Crippen LogP contribution in [0.3, 0.4) is 0 Å². The molecule has 2 heterocycles. The number of benzene rings is 2. The number of thiocarbonyl (C=S) groups is 1. The molecule has 2 aromatic heterocycles. The second-order valence-electron chi connectivity index (χ2n) is 5.51. The maximum Gasteiger partial charge on any atom is 0.181 e.